The maximum atomic E-state index is 12.9. The summed E-state index contributed by atoms with van der Waals surface area (Å²) in [4.78, 5) is 4.01. The van der Waals surface area contributed by atoms with E-state index in [4.69, 9.17) is 4.74 Å². The van der Waals surface area contributed by atoms with E-state index in [2.05, 4.69) is 10.3 Å². The van der Waals surface area contributed by atoms with Crippen LogP contribution in [0, 0.1) is 0 Å². The topological polar surface area (TPSA) is 34.1 Å². The Morgan fingerprint density at radius 2 is 2.16 bits per heavy atom. The van der Waals surface area contributed by atoms with Crippen molar-refractivity contribution < 1.29 is 17.9 Å². The van der Waals surface area contributed by atoms with Crippen molar-refractivity contribution in [1.82, 2.24) is 10.3 Å². The van der Waals surface area contributed by atoms with Crippen LogP contribution in [0.5, 0.6) is 0 Å². The zero-order valence-corrected chi connectivity index (χ0v) is 11.5. The standard InChI is InChI=1S/C12H17F3N2OS/c1-2-18-6-5-10-17-11(12(13,14)15)9(19-10)7-16-8-3-4-8/h8,16H,2-7H2,1H3. The highest BCUT2D eigenvalue weighted by Gasteiger charge is 2.37. The largest absolute Gasteiger partial charge is 0.434 e. The van der Waals surface area contributed by atoms with Gasteiger partial charge < -0.3 is 10.1 Å². The molecule has 7 heteroatoms. The minimum atomic E-state index is -4.37. The number of hydrogen-bond donors (Lipinski definition) is 1. The third-order valence-corrected chi connectivity index (χ3v) is 3.92. The number of thiazole rings is 1. The molecule has 0 aromatic carbocycles. The molecule has 0 atom stereocenters. The van der Waals surface area contributed by atoms with Crippen LogP contribution in [0.2, 0.25) is 0 Å². The van der Waals surface area contributed by atoms with Gasteiger partial charge in [-0.3, -0.25) is 0 Å². The molecule has 0 aliphatic heterocycles. The Kier molecular flexibility index (Phi) is 4.81. The summed E-state index contributed by atoms with van der Waals surface area (Å²) >= 11 is 1.13. The smallest absolute Gasteiger partial charge is 0.381 e. The molecule has 0 unspecified atom stereocenters. The van der Waals surface area contributed by atoms with Gasteiger partial charge in [-0.2, -0.15) is 13.2 Å². The summed E-state index contributed by atoms with van der Waals surface area (Å²) in [5.74, 6) is 0. The second-order valence-electron chi connectivity index (χ2n) is 4.48. The highest BCUT2D eigenvalue weighted by Crippen LogP contribution is 2.35. The lowest BCUT2D eigenvalue weighted by molar-refractivity contribution is -0.141. The molecule has 1 fully saturated rings. The molecule has 1 aromatic heterocycles. The Labute approximate surface area is 114 Å². The summed E-state index contributed by atoms with van der Waals surface area (Å²) in [6.07, 6.45) is -1.83. The van der Waals surface area contributed by atoms with Crippen molar-refractivity contribution in [1.29, 1.82) is 0 Å². The van der Waals surface area contributed by atoms with Crippen LogP contribution in [0.1, 0.15) is 35.3 Å². The molecule has 3 nitrogen and oxygen atoms in total. The normalized spacial score (nSPS) is 16.0. The number of aromatic nitrogens is 1. The number of rotatable bonds is 7. The van der Waals surface area contributed by atoms with Crippen LogP contribution in [0.25, 0.3) is 0 Å². The highest BCUT2D eigenvalue weighted by molar-refractivity contribution is 7.11. The fourth-order valence-electron chi connectivity index (χ4n) is 1.68. The second-order valence-corrected chi connectivity index (χ2v) is 5.65. The molecule has 1 saturated carbocycles. The average molecular weight is 294 g/mol. The van der Waals surface area contributed by atoms with Crippen LogP contribution in [0.4, 0.5) is 13.2 Å². The number of ether oxygens (including phenoxy) is 1. The van der Waals surface area contributed by atoms with Gasteiger partial charge in [-0.05, 0) is 19.8 Å². The van der Waals surface area contributed by atoms with Crippen molar-refractivity contribution in [2.24, 2.45) is 0 Å². The Morgan fingerprint density at radius 1 is 1.42 bits per heavy atom. The van der Waals surface area contributed by atoms with E-state index in [0.29, 0.717) is 30.7 Å². The first-order valence-corrected chi connectivity index (χ1v) is 7.19. The minimum Gasteiger partial charge on any atom is -0.381 e. The molecule has 0 radical (unpaired) electrons. The number of alkyl halides is 3. The van der Waals surface area contributed by atoms with Gasteiger partial charge in [0.15, 0.2) is 5.69 Å². The first kappa shape index (κ1) is 14.7. The van der Waals surface area contributed by atoms with Gasteiger partial charge in [-0.15, -0.1) is 11.3 Å². The van der Waals surface area contributed by atoms with Crippen molar-refractivity contribution >= 4 is 11.3 Å². The molecule has 1 aromatic rings. The van der Waals surface area contributed by atoms with Crippen LogP contribution < -0.4 is 5.32 Å². The number of halogens is 3. The first-order chi connectivity index (χ1) is 9.00. The number of nitrogens with zero attached hydrogens (tertiary/aromatic N) is 1. The molecular weight excluding hydrogens is 277 g/mol. The second kappa shape index (κ2) is 6.19. The summed E-state index contributed by atoms with van der Waals surface area (Å²) in [5, 5.41) is 3.60. The quantitative estimate of drug-likeness (QED) is 0.785. The fourth-order valence-corrected chi connectivity index (χ4v) is 2.70. The van der Waals surface area contributed by atoms with E-state index >= 15 is 0 Å². The Morgan fingerprint density at radius 3 is 2.74 bits per heavy atom. The predicted octanol–water partition coefficient (Wildman–Crippen LogP) is 2.99. The van der Waals surface area contributed by atoms with Crippen LogP contribution in [-0.2, 0) is 23.9 Å². The van der Waals surface area contributed by atoms with E-state index in [9.17, 15) is 13.2 Å². The van der Waals surface area contributed by atoms with E-state index in [0.717, 1.165) is 24.2 Å². The average Bonchev–Trinajstić information content (AvgIpc) is 3.06. The van der Waals surface area contributed by atoms with Gasteiger partial charge in [-0.1, -0.05) is 0 Å². The zero-order chi connectivity index (χ0) is 13.9. The summed E-state index contributed by atoms with van der Waals surface area (Å²) in [6.45, 7) is 3.09. The molecule has 1 heterocycles. The van der Waals surface area contributed by atoms with Crippen LogP contribution in [0.3, 0.4) is 0 Å². The van der Waals surface area contributed by atoms with E-state index in [-0.39, 0.29) is 11.4 Å². The SMILES string of the molecule is CCOCCc1nc(C(F)(F)F)c(CNC2CC2)s1. The van der Waals surface area contributed by atoms with Crippen LogP contribution >= 0.6 is 11.3 Å². The summed E-state index contributed by atoms with van der Waals surface area (Å²) < 4.78 is 43.8. The van der Waals surface area contributed by atoms with Gasteiger partial charge in [0.25, 0.3) is 0 Å². The van der Waals surface area contributed by atoms with Crippen molar-refractivity contribution in [3.8, 4) is 0 Å². The van der Waals surface area contributed by atoms with Crippen LogP contribution in [-0.4, -0.2) is 24.2 Å². The van der Waals surface area contributed by atoms with Crippen molar-refractivity contribution in [2.45, 2.75) is 44.9 Å². The van der Waals surface area contributed by atoms with Gasteiger partial charge in [0.05, 0.1) is 16.5 Å². The summed E-state index contributed by atoms with van der Waals surface area (Å²) in [7, 11) is 0. The summed E-state index contributed by atoms with van der Waals surface area (Å²) in [6, 6.07) is 0.384. The predicted molar refractivity (Wildman–Crippen MR) is 67.2 cm³/mol. The molecule has 1 aliphatic rings. The molecule has 0 bridgehead atoms. The van der Waals surface area contributed by atoms with E-state index < -0.39 is 11.9 Å². The molecule has 1 aliphatic carbocycles. The fraction of sp³-hybridized carbons (Fsp3) is 0.750. The maximum absolute atomic E-state index is 12.9. The van der Waals surface area contributed by atoms with Gasteiger partial charge in [0.1, 0.15) is 0 Å². The molecule has 0 amide bonds. The van der Waals surface area contributed by atoms with E-state index in [1.165, 1.54) is 0 Å². The number of hydrogen-bond acceptors (Lipinski definition) is 4. The lowest BCUT2D eigenvalue weighted by Crippen LogP contribution is -2.18. The van der Waals surface area contributed by atoms with Crippen molar-refractivity contribution in [3.63, 3.8) is 0 Å². The van der Waals surface area contributed by atoms with Gasteiger partial charge in [-0.25, -0.2) is 4.98 Å². The zero-order valence-electron chi connectivity index (χ0n) is 10.7. The van der Waals surface area contributed by atoms with E-state index in [1.54, 1.807) is 0 Å². The molecule has 0 saturated heterocycles. The lowest BCUT2D eigenvalue weighted by Gasteiger charge is -2.06. The Balaban J connectivity index is 2.03. The Bertz CT molecular complexity index is 416. The molecule has 2 rings (SSSR count). The van der Waals surface area contributed by atoms with Gasteiger partial charge in [0, 0.05) is 25.6 Å². The Hall–Kier alpha value is -0.660. The molecular formula is C12H17F3N2OS. The van der Waals surface area contributed by atoms with Crippen LogP contribution in [0.15, 0.2) is 0 Å². The van der Waals surface area contributed by atoms with Gasteiger partial charge in [0.2, 0.25) is 0 Å². The van der Waals surface area contributed by atoms with Crippen molar-refractivity contribution in [2.75, 3.05) is 13.2 Å². The first-order valence-electron chi connectivity index (χ1n) is 6.37. The minimum absolute atomic E-state index is 0.256. The lowest BCUT2D eigenvalue weighted by atomic mass is 10.3. The molecule has 19 heavy (non-hydrogen) atoms. The monoisotopic (exact) mass is 294 g/mol. The third kappa shape index (κ3) is 4.43. The third-order valence-electron chi connectivity index (χ3n) is 2.80. The molecule has 108 valence electrons. The van der Waals surface area contributed by atoms with Crippen molar-refractivity contribution in [3.05, 3.63) is 15.6 Å². The van der Waals surface area contributed by atoms with E-state index in [1.807, 2.05) is 6.92 Å². The van der Waals surface area contributed by atoms with Gasteiger partial charge >= 0.3 is 6.18 Å². The highest BCUT2D eigenvalue weighted by atomic mass is 32.1. The summed E-state index contributed by atoms with van der Waals surface area (Å²) in [5.41, 5.74) is -0.739. The molecule has 1 N–H and O–H groups in total. The number of nitrogens with one attached hydrogen (secondary N) is 1. The maximum Gasteiger partial charge on any atom is 0.434 e. The molecule has 0 spiro atoms.